The van der Waals surface area contributed by atoms with Gasteiger partial charge in [0.15, 0.2) is 17.5 Å². The van der Waals surface area contributed by atoms with E-state index in [0.29, 0.717) is 17.5 Å². The van der Waals surface area contributed by atoms with E-state index in [9.17, 15) is 0 Å². The van der Waals surface area contributed by atoms with Crippen molar-refractivity contribution >= 4 is 85.9 Å². The van der Waals surface area contributed by atoms with Crippen LogP contribution in [0.1, 0.15) is 0 Å². The van der Waals surface area contributed by atoms with E-state index in [1.54, 1.807) is 0 Å². The fourth-order valence-electron chi connectivity index (χ4n) is 9.35. The molecule has 0 amide bonds. The first-order valence-corrected chi connectivity index (χ1v) is 21.3. The average molecular weight is 796 g/mol. The van der Waals surface area contributed by atoms with Gasteiger partial charge >= 0.3 is 0 Å². The predicted octanol–water partition coefficient (Wildman–Crippen LogP) is 14.6. The molecule has 0 saturated heterocycles. The number of nitrogens with zero attached hydrogens (tertiary/aromatic N) is 5. The molecule has 61 heavy (non-hydrogen) atoms. The van der Waals surface area contributed by atoms with Crippen LogP contribution in [-0.4, -0.2) is 24.1 Å². The second kappa shape index (κ2) is 13.3. The van der Waals surface area contributed by atoms with Crippen LogP contribution in [0.15, 0.2) is 200 Å². The van der Waals surface area contributed by atoms with E-state index < -0.39 is 0 Å². The number of fused-ring (bicyclic) bond motifs is 11. The third-order valence-corrected chi connectivity index (χ3v) is 13.3. The summed E-state index contributed by atoms with van der Waals surface area (Å²) in [6.07, 6.45) is 0. The highest BCUT2D eigenvalue weighted by Crippen LogP contribution is 2.45. The Labute approximate surface area is 354 Å². The number of para-hydroxylation sites is 2. The van der Waals surface area contributed by atoms with Crippen molar-refractivity contribution < 1.29 is 0 Å². The van der Waals surface area contributed by atoms with Gasteiger partial charge in [-0.2, -0.15) is 0 Å². The van der Waals surface area contributed by atoms with Crippen LogP contribution in [0.25, 0.3) is 120 Å². The van der Waals surface area contributed by atoms with Gasteiger partial charge in [-0.3, -0.25) is 0 Å². The fourth-order valence-corrected chi connectivity index (χ4v) is 10.5. The highest BCUT2D eigenvalue weighted by Gasteiger charge is 2.21. The molecule has 284 valence electrons. The Morgan fingerprint density at radius 1 is 0.328 bits per heavy atom. The summed E-state index contributed by atoms with van der Waals surface area (Å²) < 4.78 is 7.33. The van der Waals surface area contributed by atoms with Crippen LogP contribution < -0.4 is 0 Å². The van der Waals surface area contributed by atoms with Gasteiger partial charge in [-0.25, -0.2) is 15.0 Å². The van der Waals surface area contributed by atoms with E-state index in [1.807, 2.05) is 47.7 Å². The molecule has 0 unspecified atom stereocenters. The van der Waals surface area contributed by atoms with Crippen LogP contribution in [0.3, 0.4) is 0 Å². The van der Waals surface area contributed by atoms with Crippen molar-refractivity contribution in [3.05, 3.63) is 200 Å². The number of hydrogen-bond acceptors (Lipinski definition) is 4. The van der Waals surface area contributed by atoms with Crippen molar-refractivity contribution in [1.29, 1.82) is 0 Å². The first-order chi connectivity index (χ1) is 30.2. The minimum Gasteiger partial charge on any atom is -0.309 e. The summed E-state index contributed by atoms with van der Waals surface area (Å²) in [7, 11) is 0. The summed E-state index contributed by atoms with van der Waals surface area (Å²) in [5.74, 6) is 1.96. The van der Waals surface area contributed by atoms with Gasteiger partial charge in [0.1, 0.15) is 0 Å². The Morgan fingerprint density at radius 3 is 1.57 bits per heavy atom. The van der Waals surface area contributed by atoms with E-state index in [4.69, 9.17) is 15.0 Å². The maximum atomic E-state index is 5.06. The van der Waals surface area contributed by atoms with Gasteiger partial charge in [0.25, 0.3) is 0 Å². The van der Waals surface area contributed by atoms with Crippen LogP contribution in [0.5, 0.6) is 0 Å². The molecule has 6 heteroatoms. The Bertz CT molecular complexity index is 3770. The monoisotopic (exact) mass is 795 g/mol. The first-order valence-electron chi connectivity index (χ1n) is 20.5. The number of hydrogen-bond donors (Lipinski definition) is 0. The van der Waals surface area contributed by atoms with Gasteiger partial charge in [0, 0.05) is 69.8 Å². The largest absolute Gasteiger partial charge is 0.309 e. The maximum Gasteiger partial charge on any atom is 0.164 e. The number of benzene rings is 9. The first kappa shape index (κ1) is 34.0. The zero-order valence-corrected chi connectivity index (χ0v) is 33.5. The van der Waals surface area contributed by atoms with Crippen molar-refractivity contribution in [2.24, 2.45) is 0 Å². The lowest BCUT2D eigenvalue weighted by molar-refractivity contribution is 1.07. The molecule has 4 heterocycles. The average Bonchev–Trinajstić information content (AvgIpc) is 3.99. The number of rotatable bonds is 5. The molecule has 0 saturated carbocycles. The predicted molar refractivity (Wildman–Crippen MR) is 255 cm³/mol. The zero-order valence-electron chi connectivity index (χ0n) is 32.7. The van der Waals surface area contributed by atoms with Crippen LogP contribution in [0.4, 0.5) is 0 Å². The third-order valence-electron chi connectivity index (χ3n) is 12.1. The normalized spacial score (nSPS) is 11.9. The Hall–Kier alpha value is -7.93. The molecular weight excluding hydrogens is 763 g/mol. The van der Waals surface area contributed by atoms with Gasteiger partial charge < -0.3 is 9.13 Å². The fraction of sp³-hybridized carbons (Fsp3) is 0. The van der Waals surface area contributed by atoms with E-state index in [1.165, 1.54) is 74.6 Å². The second-order valence-electron chi connectivity index (χ2n) is 15.6. The standard InChI is InChI=1S/C55H33N5S/c1-3-14-35(15-4-1)53-56-54(36-16-5-2-6-17-36)58-55(57-53)38-24-27-45-50(32-38)61-49-30-29-44-43-28-26-40(59-46-21-11-9-19-41(46)42-20-10-12-22-47(42)59)33-48(43)60(52(44)51(45)49)39-25-23-34-13-7-8-18-37(34)31-39/h1-33H. The van der Waals surface area contributed by atoms with E-state index >= 15 is 0 Å². The summed E-state index contributed by atoms with van der Waals surface area (Å²) in [6.45, 7) is 0. The molecule has 4 aromatic heterocycles. The minimum atomic E-state index is 0.653. The molecule has 0 N–H and O–H groups in total. The van der Waals surface area contributed by atoms with Gasteiger partial charge in [-0.1, -0.05) is 152 Å². The van der Waals surface area contributed by atoms with Gasteiger partial charge in [0.2, 0.25) is 0 Å². The lowest BCUT2D eigenvalue weighted by Crippen LogP contribution is -2.00. The summed E-state index contributed by atoms with van der Waals surface area (Å²) >= 11 is 1.82. The van der Waals surface area contributed by atoms with Crippen LogP contribution in [0, 0.1) is 0 Å². The lowest BCUT2D eigenvalue weighted by atomic mass is 10.1. The number of aromatic nitrogens is 5. The lowest BCUT2D eigenvalue weighted by Gasteiger charge is -2.12. The molecule has 0 aliphatic carbocycles. The Kier molecular flexibility index (Phi) is 7.41. The Balaban J connectivity index is 1.07. The van der Waals surface area contributed by atoms with Crippen molar-refractivity contribution in [2.75, 3.05) is 0 Å². The van der Waals surface area contributed by atoms with Gasteiger partial charge in [-0.05, 0) is 59.3 Å². The van der Waals surface area contributed by atoms with Crippen molar-refractivity contribution in [3.8, 4) is 45.5 Å². The Morgan fingerprint density at radius 2 is 0.869 bits per heavy atom. The molecular formula is C55H33N5S. The SMILES string of the molecule is c1ccc(-c2nc(-c3ccccc3)nc(-c3ccc4c(c3)sc3ccc5c6ccc(-n7c8ccccc8c8ccccc87)cc6n(-c6ccc7ccccc7c6)c5c34)n2)cc1. The van der Waals surface area contributed by atoms with E-state index in [-0.39, 0.29) is 0 Å². The van der Waals surface area contributed by atoms with Crippen LogP contribution in [0.2, 0.25) is 0 Å². The second-order valence-corrected chi connectivity index (χ2v) is 16.7. The zero-order chi connectivity index (χ0) is 40.0. The highest BCUT2D eigenvalue weighted by atomic mass is 32.1. The third kappa shape index (κ3) is 5.29. The molecule has 13 aromatic rings. The van der Waals surface area contributed by atoms with Crippen LogP contribution >= 0.6 is 11.3 Å². The molecule has 0 radical (unpaired) electrons. The molecule has 5 nitrogen and oxygen atoms in total. The molecule has 0 aliphatic rings. The quantitative estimate of drug-likeness (QED) is 0.174. The smallest absolute Gasteiger partial charge is 0.164 e. The summed E-state index contributed by atoms with van der Waals surface area (Å²) in [5.41, 5.74) is 9.90. The van der Waals surface area contributed by atoms with Crippen LogP contribution in [-0.2, 0) is 0 Å². The minimum absolute atomic E-state index is 0.653. The van der Waals surface area contributed by atoms with Gasteiger partial charge in [-0.15, -0.1) is 11.3 Å². The van der Waals surface area contributed by atoms with E-state index in [0.717, 1.165) is 28.1 Å². The van der Waals surface area contributed by atoms with Crippen molar-refractivity contribution in [1.82, 2.24) is 24.1 Å². The number of thiophene rings is 1. The molecule has 9 aromatic carbocycles. The molecule has 0 spiro atoms. The molecule has 13 rings (SSSR count). The van der Waals surface area contributed by atoms with E-state index in [2.05, 4.69) is 173 Å². The topological polar surface area (TPSA) is 48.5 Å². The molecule has 0 atom stereocenters. The summed E-state index contributed by atoms with van der Waals surface area (Å²) in [6, 6.07) is 71.6. The summed E-state index contributed by atoms with van der Waals surface area (Å²) in [5, 5.41) is 9.85. The summed E-state index contributed by atoms with van der Waals surface area (Å²) in [4.78, 5) is 15.1. The van der Waals surface area contributed by atoms with Gasteiger partial charge in [0.05, 0.1) is 22.1 Å². The highest BCUT2D eigenvalue weighted by molar-refractivity contribution is 7.26. The molecule has 0 bridgehead atoms. The maximum absolute atomic E-state index is 5.06. The molecule has 0 fully saturated rings. The van der Waals surface area contributed by atoms with Crippen molar-refractivity contribution in [3.63, 3.8) is 0 Å². The molecule has 0 aliphatic heterocycles. The van der Waals surface area contributed by atoms with Crippen molar-refractivity contribution in [2.45, 2.75) is 0 Å².